The first-order valence-electron chi connectivity index (χ1n) is 18.6. The van der Waals surface area contributed by atoms with Crippen molar-refractivity contribution >= 4 is 41.4 Å². The summed E-state index contributed by atoms with van der Waals surface area (Å²) in [7, 11) is 0. The van der Waals surface area contributed by atoms with Crippen molar-refractivity contribution in [3.05, 3.63) is 65.7 Å². The highest BCUT2D eigenvalue weighted by atomic mass is 16.3. The summed E-state index contributed by atoms with van der Waals surface area (Å²) in [5.74, 6) is -5.13. The van der Waals surface area contributed by atoms with Crippen LogP contribution in [0.5, 0.6) is 5.75 Å². The number of aromatic hydroxyl groups is 1. The van der Waals surface area contributed by atoms with E-state index >= 15 is 0 Å². The highest BCUT2D eigenvalue weighted by Crippen LogP contribution is 2.31. The van der Waals surface area contributed by atoms with Crippen molar-refractivity contribution in [2.24, 2.45) is 23.3 Å². The quantitative estimate of drug-likeness (QED) is 0.0917. The van der Waals surface area contributed by atoms with Gasteiger partial charge in [0.2, 0.25) is 41.4 Å². The Morgan fingerprint density at radius 2 is 1.24 bits per heavy atom. The molecule has 0 aliphatic heterocycles. The maximum Gasteiger partial charge on any atom is 0.246 e. The lowest BCUT2D eigenvalue weighted by molar-refractivity contribution is -0.138. The van der Waals surface area contributed by atoms with Crippen LogP contribution in [0.15, 0.2) is 54.6 Å². The molecule has 0 unspecified atom stereocenters. The Labute approximate surface area is 321 Å². The summed E-state index contributed by atoms with van der Waals surface area (Å²) in [6, 6.07) is 9.89. The van der Waals surface area contributed by atoms with Gasteiger partial charge in [0.15, 0.2) is 0 Å². The maximum atomic E-state index is 14.1. The van der Waals surface area contributed by atoms with Crippen LogP contribution in [-0.2, 0) is 46.4 Å². The average molecular weight is 765 g/mol. The summed E-state index contributed by atoms with van der Waals surface area (Å²) in [4.78, 5) is 92.1. The third-order valence-corrected chi connectivity index (χ3v) is 9.57. The summed E-state index contributed by atoms with van der Waals surface area (Å²) in [6.45, 7) is 7.96. The van der Waals surface area contributed by atoms with Gasteiger partial charge in [-0.25, -0.2) is 0 Å². The van der Waals surface area contributed by atoms with Crippen LogP contribution in [0.2, 0.25) is 0 Å². The molecule has 11 N–H and O–H groups in total. The lowest BCUT2D eigenvalue weighted by Gasteiger charge is -2.34. The Bertz CT molecular complexity index is 1660. The van der Waals surface area contributed by atoms with Crippen LogP contribution >= 0.6 is 0 Å². The second-order valence-corrected chi connectivity index (χ2v) is 14.8. The van der Waals surface area contributed by atoms with Gasteiger partial charge in [-0.2, -0.15) is 0 Å². The molecule has 16 heteroatoms. The first-order chi connectivity index (χ1) is 25.9. The number of phenolic OH excluding ortho intramolecular Hbond substituents is 1. The van der Waals surface area contributed by atoms with Gasteiger partial charge in [0.1, 0.15) is 35.5 Å². The minimum atomic E-state index is -1.40. The number of nitrogens with one attached hydrogen (secondary N) is 6. The average Bonchev–Trinajstić information content (AvgIpc) is 3.61. The molecule has 2 aromatic carbocycles. The molecule has 2 aromatic rings. The molecular weight excluding hydrogens is 708 g/mol. The van der Waals surface area contributed by atoms with Crippen molar-refractivity contribution in [1.82, 2.24) is 31.9 Å². The van der Waals surface area contributed by atoms with Crippen LogP contribution < -0.4 is 43.4 Å². The fraction of sp³-hybridized carbons (Fsp3) is 0.513. The zero-order valence-corrected chi connectivity index (χ0v) is 32.1. The molecule has 5 atom stereocenters. The van der Waals surface area contributed by atoms with Crippen molar-refractivity contribution in [3.63, 3.8) is 0 Å². The summed E-state index contributed by atoms with van der Waals surface area (Å²) in [5.41, 5.74) is 11.3. The molecule has 55 heavy (non-hydrogen) atoms. The number of carbonyl (C=O) groups excluding carboxylic acids is 7. The molecule has 0 saturated heterocycles. The maximum absolute atomic E-state index is 14.1. The largest absolute Gasteiger partial charge is 0.508 e. The van der Waals surface area contributed by atoms with Crippen LogP contribution in [0, 0.1) is 11.8 Å². The summed E-state index contributed by atoms with van der Waals surface area (Å²) in [5, 5.41) is 25.6. The minimum absolute atomic E-state index is 0.0720. The molecule has 1 saturated carbocycles. The predicted octanol–water partition coefficient (Wildman–Crippen LogP) is -0.194. The third-order valence-electron chi connectivity index (χ3n) is 9.57. The Morgan fingerprint density at radius 3 is 1.80 bits per heavy atom. The van der Waals surface area contributed by atoms with E-state index in [0.29, 0.717) is 18.4 Å². The molecule has 300 valence electrons. The standard InChI is InChI=1S/C39H56N8O8/c1-22(2)31(36(53)42-21-30(41)49)45-37(54)32(23(3)4)46-38(55)39(17-9-10-18-39)47-35(52)29(20-25-11-7-6-8-12-25)44-33(50)24(5)43-34(51)28(40)19-26-13-15-27(48)16-14-26/h6-8,11-16,22-24,28-29,31-32,48H,9-10,17-21,40H2,1-5H3,(H2,41,49)(H,42,53)(H,43,51)(H,44,50)(H,45,54)(H,46,55)(H,47,52)/t24-,28+,29+,31+,32+/m1/s1. The van der Waals surface area contributed by atoms with Gasteiger partial charge in [0, 0.05) is 6.42 Å². The molecule has 3 rings (SSSR count). The van der Waals surface area contributed by atoms with E-state index in [-0.39, 0.29) is 37.4 Å². The van der Waals surface area contributed by atoms with Crippen LogP contribution in [0.1, 0.15) is 71.4 Å². The lowest BCUT2D eigenvalue weighted by atomic mass is 9.92. The van der Waals surface area contributed by atoms with Gasteiger partial charge in [-0.05, 0) is 61.3 Å². The molecule has 7 amide bonds. The van der Waals surface area contributed by atoms with Gasteiger partial charge in [-0.15, -0.1) is 0 Å². The fourth-order valence-corrected chi connectivity index (χ4v) is 6.31. The van der Waals surface area contributed by atoms with Gasteiger partial charge < -0.3 is 48.5 Å². The van der Waals surface area contributed by atoms with E-state index in [1.54, 1.807) is 64.1 Å². The van der Waals surface area contributed by atoms with Crippen LogP contribution in [0.3, 0.4) is 0 Å². The molecule has 0 aromatic heterocycles. The Balaban J connectivity index is 1.76. The first-order valence-corrected chi connectivity index (χ1v) is 18.6. The highest BCUT2D eigenvalue weighted by Gasteiger charge is 2.45. The minimum Gasteiger partial charge on any atom is -0.508 e. The smallest absolute Gasteiger partial charge is 0.246 e. The van der Waals surface area contributed by atoms with Gasteiger partial charge in [-0.3, -0.25) is 33.6 Å². The lowest BCUT2D eigenvalue weighted by Crippen LogP contribution is -2.65. The second kappa shape index (κ2) is 20.2. The molecule has 0 radical (unpaired) electrons. The SMILES string of the molecule is CC(C)[C@H](NC(=O)[C@@H](NC(=O)C1(NC(=O)[C@H](Cc2ccccc2)NC(=O)[C@@H](C)NC(=O)[C@@H](N)Cc2ccc(O)cc2)CCCC1)C(C)C)C(=O)NCC(N)=O. The zero-order valence-electron chi connectivity index (χ0n) is 32.1. The van der Waals surface area contributed by atoms with Crippen molar-refractivity contribution in [2.75, 3.05) is 6.54 Å². The molecule has 0 bridgehead atoms. The molecule has 0 heterocycles. The summed E-state index contributed by atoms with van der Waals surface area (Å²) < 4.78 is 0. The number of rotatable bonds is 19. The van der Waals surface area contributed by atoms with Gasteiger partial charge in [-0.1, -0.05) is 83.0 Å². The first kappa shape index (κ1) is 43.9. The fourth-order valence-electron chi connectivity index (χ4n) is 6.31. The number of hydrogen-bond donors (Lipinski definition) is 9. The molecule has 0 spiro atoms. The molecule has 1 fully saturated rings. The number of primary amides is 1. The van der Waals surface area contributed by atoms with Gasteiger partial charge in [0.05, 0.1) is 12.6 Å². The van der Waals surface area contributed by atoms with Crippen LogP contribution in [0.25, 0.3) is 0 Å². The number of hydrogen-bond acceptors (Lipinski definition) is 9. The van der Waals surface area contributed by atoms with Crippen LogP contribution in [-0.4, -0.2) is 88.7 Å². The normalized spacial score (nSPS) is 16.1. The topological polar surface area (TPSA) is 264 Å². The van der Waals surface area contributed by atoms with E-state index in [9.17, 15) is 38.7 Å². The molecular formula is C39H56N8O8. The number of nitrogens with two attached hydrogens (primary N) is 2. The van der Waals surface area contributed by atoms with Gasteiger partial charge in [0.25, 0.3) is 0 Å². The molecule has 1 aliphatic rings. The number of benzene rings is 2. The van der Waals surface area contributed by atoms with Crippen molar-refractivity contribution in [1.29, 1.82) is 0 Å². The highest BCUT2D eigenvalue weighted by molar-refractivity contribution is 5.99. The van der Waals surface area contributed by atoms with E-state index in [0.717, 1.165) is 5.56 Å². The van der Waals surface area contributed by atoms with Gasteiger partial charge >= 0.3 is 0 Å². The Hall–Kier alpha value is -5.51. The number of phenols is 1. The zero-order chi connectivity index (χ0) is 40.9. The van der Waals surface area contributed by atoms with Crippen molar-refractivity contribution in [2.45, 2.75) is 109 Å². The summed E-state index contributed by atoms with van der Waals surface area (Å²) >= 11 is 0. The molecule has 1 aliphatic carbocycles. The number of amides is 7. The second-order valence-electron chi connectivity index (χ2n) is 14.8. The van der Waals surface area contributed by atoms with Crippen molar-refractivity contribution < 1.29 is 38.7 Å². The van der Waals surface area contributed by atoms with E-state index in [1.807, 2.05) is 6.07 Å². The third kappa shape index (κ3) is 13.1. The monoisotopic (exact) mass is 764 g/mol. The predicted molar refractivity (Wildman–Crippen MR) is 205 cm³/mol. The van der Waals surface area contributed by atoms with E-state index in [1.165, 1.54) is 19.1 Å². The van der Waals surface area contributed by atoms with E-state index in [2.05, 4.69) is 31.9 Å². The van der Waals surface area contributed by atoms with Crippen LogP contribution in [0.4, 0.5) is 0 Å². The Kier molecular flexibility index (Phi) is 16.2. The molecule has 16 nitrogen and oxygen atoms in total. The van der Waals surface area contributed by atoms with Crippen molar-refractivity contribution in [3.8, 4) is 5.75 Å². The van der Waals surface area contributed by atoms with E-state index in [4.69, 9.17) is 11.5 Å². The summed E-state index contributed by atoms with van der Waals surface area (Å²) in [6.07, 6.45) is 2.02. The number of carbonyl (C=O) groups is 7. The Morgan fingerprint density at radius 1 is 0.673 bits per heavy atom. The van der Waals surface area contributed by atoms with E-state index < -0.39 is 89.6 Å².